The number of aromatic nitrogens is 2. The summed E-state index contributed by atoms with van der Waals surface area (Å²) in [6.07, 6.45) is 2.86. The van der Waals surface area contributed by atoms with Gasteiger partial charge in [-0.1, -0.05) is 0 Å². The van der Waals surface area contributed by atoms with Gasteiger partial charge in [0.15, 0.2) is 0 Å². The molecule has 1 aromatic heterocycles. The summed E-state index contributed by atoms with van der Waals surface area (Å²) in [5.41, 5.74) is 1.80. The molecule has 1 aliphatic heterocycles. The van der Waals surface area contributed by atoms with Gasteiger partial charge in [0.25, 0.3) is 0 Å². The van der Waals surface area contributed by atoms with Crippen molar-refractivity contribution in [2.24, 2.45) is 7.05 Å². The molecule has 0 saturated carbocycles. The lowest BCUT2D eigenvalue weighted by atomic mass is 10.3. The number of urea groups is 1. The number of rotatable bonds is 1. The minimum absolute atomic E-state index is 0.0210. The molecule has 14 heavy (non-hydrogen) atoms. The first-order valence-corrected chi connectivity index (χ1v) is 4.74. The Morgan fingerprint density at radius 2 is 2.36 bits per heavy atom. The van der Waals surface area contributed by atoms with Crippen molar-refractivity contribution in [1.29, 1.82) is 0 Å². The summed E-state index contributed by atoms with van der Waals surface area (Å²) in [5, 5.41) is 7.03. The van der Waals surface area contributed by atoms with Crippen molar-refractivity contribution in [2.75, 3.05) is 18.0 Å². The molecule has 0 bridgehead atoms. The quantitative estimate of drug-likeness (QED) is 0.713. The molecule has 2 amide bonds. The van der Waals surface area contributed by atoms with Crippen LogP contribution in [0.2, 0.25) is 0 Å². The largest absolute Gasteiger partial charge is 0.338 e. The summed E-state index contributed by atoms with van der Waals surface area (Å²) in [6.45, 7) is 3.46. The minimum atomic E-state index is -0.0210. The van der Waals surface area contributed by atoms with Crippen LogP contribution in [0.5, 0.6) is 0 Å². The van der Waals surface area contributed by atoms with Crippen molar-refractivity contribution < 1.29 is 4.79 Å². The fourth-order valence-corrected chi connectivity index (χ4v) is 1.71. The van der Waals surface area contributed by atoms with Gasteiger partial charge in [-0.3, -0.25) is 9.58 Å². The van der Waals surface area contributed by atoms with Crippen molar-refractivity contribution in [3.8, 4) is 0 Å². The maximum Gasteiger partial charge on any atom is 0.321 e. The maximum atomic E-state index is 11.5. The van der Waals surface area contributed by atoms with Crippen LogP contribution in [0.15, 0.2) is 6.20 Å². The number of amides is 2. The number of nitrogens with one attached hydrogen (secondary N) is 1. The molecule has 2 heterocycles. The van der Waals surface area contributed by atoms with Crippen LogP contribution in [-0.4, -0.2) is 28.9 Å². The molecule has 0 spiro atoms. The van der Waals surface area contributed by atoms with Crippen LogP contribution in [0.4, 0.5) is 10.5 Å². The third-order valence-electron chi connectivity index (χ3n) is 2.36. The van der Waals surface area contributed by atoms with E-state index in [0.29, 0.717) is 0 Å². The zero-order valence-corrected chi connectivity index (χ0v) is 8.45. The molecule has 0 unspecified atom stereocenters. The van der Waals surface area contributed by atoms with Gasteiger partial charge in [-0.05, 0) is 13.3 Å². The molecule has 0 aliphatic carbocycles. The average molecular weight is 194 g/mol. The highest BCUT2D eigenvalue weighted by Gasteiger charge is 2.21. The second kappa shape index (κ2) is 3.32. The minimum Gasteiger partial charge on any atom is -0.338 e. The standard InChI is InChI=1S/C9H14N4O/c1-7-8(6-12(2)11-7)13-5-3-4-10-9(13)14/h6H,3-5H2,1-2H3,(H,10,14). The number of aryl methyl sites for hydroxylation is 2. The van der Waals surface area contributed by atoms with Gasteiger partial charge in [0.1, 0.15) is 0 Å². The Labute approximate surface area is 82.7 Å². The van der Waals surface area contributed by atoms with Crippen LogP contribution in [0.1, 0.15) is 12.1 Å². The summed E-state index contributed by atoms with van der Waals surface area (Å²) >= 11 is 0. The fourth-order valence-electron chi connectivity index (χ4n) is 1.71. The normalized spacial score (nSPS) is 17.0. The van der Waals surface area contributed by atoms with Gasteiger partial charge >= 0.3 is 6.03 Å². The Bertz CT molecular complexity index is 358. The second-order valence-electron chi connectivity index (χ2n) is 3.51. The Morgan fingerprint density at radius 3 is 2.93 bits per heavy atom. The van der Waals surface area contributed by atoms with E-state index in [1.165, 1.54) is 0 Å². The summed E-state index contributed by atoms with van der Waals surface area (Å²) in [6, 6.07) is -0.0210. The summed E-state index contributed by atoms with van der Waals surface area (Å²) in [7, 11) is 1.86. The van der Waals surface area contributed by atoms with Crippen LogP contribution < -0.4 is 10.2 Å². The molecule has 0 radical (unpaired) electrons. The number of hydrogen-bond acceptors (Lipinski definition) is 2. The highest BCUT2D eigenvalue weighted by atomic mass is 16.2. The number of carbonyl (C=O) groups is 1. The number of hydrogen-bond donors (Lipinski definition) is 1. The Balaban J connectivity index is 2.28. The van der Waals surface area contributed by atoms with Crippen molar-refractivity contribution >= 4 is 11.7 Å². The summed E-state index contributed by atoms with van der Waals surface area (Å²) in [4.78, 5) is 13.3. The molecular formula is C9H14N4O. The lowest BCUT2D eigenvalue weighted by Gasteiger charge is -2.26. The molecule has 0 atom stereocenters. The average Bonchev–Trinajstić information content (AvgIpc) is 2.46. The van der Waals surface area contributed by atoms with Crippen molar-refractivity contribution in [3.63, 3.8) is 0 Å². The topological polar surface area (TPSA) is 50.2 Å². The van der Waals surface area contributed by atoms with Gasteiger partial charge in [0.2, 0.25) is 0 Å². The van der Waals surface area contributed by atoms with Crippen LogP contribution >= 0.6 is 0 Å². The monoisotopic (exact) mass is 194 g/mol. The van der Waals surface area contributed by atoms with Gasteiger partial charge in [0.05, 0.1) is 11.4 Å². The molecular weight excluding hydrogens is 180 g/mol. The van der Waals surface area contributed by atoms with E-state index < -0.39 is 0 Å². The predicted molar refractivity (Wildman–Crippen MR) is 53.3 cm³/mol. The third-order valence-corrected chi connectivity index (χ3v) is 2.36. The lowest BCUT2D eigenvalue weighted by molar-refractivity contribution is 0.243. The zero-order valence-electron chi connectivity index (χ0n) is 8.45. The first-order chi connectivity index (χ1) is 6.68. The fraction of sp³-hybridized carbons (Fsp3) is 0.556. The Hall–Kier alpha value is -1.52. The van der Waals surface area contributed by atoms with Crippen LogP contribution in [0.3, 0.4) is 0 Å². The van der Waals surface area contributed by atoms with Gasteiger partial charge < -0.3 is 5.32 Å². The van der Waals surface area contributed by atoms with Gasteiger partial charge in [-0.25, -0.2) is 4.79 Å². The summed E-state index contributed by atoms with van der Waals surface area (Å²) in [5.74, 6) is 0. The number of carbonyl (C=O) groups excluding carboxylic acids is 1. The van der Waals surface area contributed by atoms with Crippen LogP contribution in [0, 0.1) is 6.92 Å². The summed E-state index contributed by atoms with van der Waals surface area (Å²) < 4.78 is 1.73. The predicted octanol–water partition coefficient (Wildman–Crippen LogP) is 0.648. The van der Waals surface area contributed by atoms with Crippen LogP contribution in [-0.2, 0) is 7.05 Å². The molecule has 1 aliphatic rings. The van der Waals surface area contributed by atoms with E-state index in [9.17, 15) is 4.79 Å². The van der Waals surface area contributed by atoms with E-state index in [0.717, 1.165) is 30.9 Å². The first-order valence-electron chi connectivity index (χ1n) is 4.74. The molecule has 0 aromatic carbocycles. The molecule has 5 nitrogen and oxygen atoms in total. The molecule has 76 valence electrons. The van der Waals surface area contributed by atoms with Gasteiger partial charge in [0, 0.05) is 26.3 Å². The molecule has 1 fully saturated rings. The van der Waals surface area contributed by atoms with E-state index in [1.807, 2.05) is 20.2 Å². The molecule has 1 saturated heterocycles. The van der Waals surface area contributed by atoms with Crippen molar-refractivity contribution in [3.05, 3.63) is 11.9 Å². The van der Waals surface area contributed by atoms with E-state index in [2.05, 4.69) is 10.4 Å². The van der Waals surface area contributed by atoms with Crippen LogP contribution in [0.25, 0.3) is 0 Å². The van der Waals surface area contributed by atoms with E-state index in [-0.39, 0.29) is 6.03 Å². The van der Waals surface area contributed by atoms with E-state index in [4.69, 9.17) is 0 Å². The SMILES string of the molecule is Cc1nn(C)cc1N1CCCNC1=O. The van der Waals surface area contributed by atoms with Gasteiger partial charge in [-0.15, -0.1) is 0 Å². The molecule has 2 rings (SSSR count). The lowest BCUT2D eigenvalue weighted by Crippen LogP contribution is -2.46. The Kier molecular flexibility index (Phi) is 2.15. The van der Waals surface area contributed by atoms with E-state index >= 15 is 0 Å². The molecule has 1 aromatic rings. The highest BCUT2D eigenvalue weighted by molar-refractivity contribution is 5.93. The van der Waals surface area contributed by atoms with Crippen molar-refractivity contribution in [1.82, 2.24) is 15.1 Å². The smallest absolute Gasteiger partial charge is 0.321 e. The molecule has 1 N–H and O–H groups in total. The molecule has 5 heteroatoms. The van der Waals surface area contributed by atoms with Crippen molar-refractivity contribution in [2.45, 2.75) is 13.3 Å². The maximum absolute atomic E-state index is 11.5. The zero-order chi connectivity index (χ0) is 10.1. The third kappa shape index (κ3) is 1.45. The number of anilines is 1. The van der Waals surface area contributed by atoms with Gasteiger partial charge in [-0.2, -0.15) is 5.10 Å². The first kappa shape index (κ1) is 9.05. The Morgan fingerprint density at radius 1 is 1.57 bits per heavy atom. The van der Waals surface area contributed by atoms with E-state index in [1.54, 1.807) is 9.58 Å². The number of nitrogens with zero attached hydrogens (tertiary/aromatic N) is 3. The second-order valence-corrected chi connectivity index (χ2v) is 3.51. The highest BCUT2D eigenvalue weighted by Crippen LogP contribution is 2.19.